The number of aromatic nitrogens is 5. The van der Waals surface area contributed by atoms with Crippen LogP contribution in [0.15, 0.2) is 44.3 Å². The van der Waals surface area contributed by atoms with Crippen LogP contribution in [0.25, 0.3) is 17.1 Å². The fourth-order valence-corrected chi connectivity index (χ4v) is 4.52. The number of thioether (sulfide) groups is 1. The Morgan fingerprint density at radius 1 is 0.969 bits per heavy atom. The van der Waals surface area contributed by atoms with Crippen LogP contribution in [-0.4, -0.2) is 51.3 Å². The molecule has 0 N–H and O–H groups in total. The molecule has 0 bridgehead atoms. The number of nitrogens with zero attached hydrogens (tertiary/aromatic N) is 6. The van der Waals surface area contributed by atoms with Crippen molar-refractivity contribution in [1.29, 1.82) is 0 Å². The minimum atomic E-state index is 0.462. The van der Waals surface area contributed by atoms with Crippen LogP contribution in [0.4, 0.5) is 5.95 Å². The Morgan fingerprint density at radius 2 is 1.78 bits per heavy atom. The third-order valence-corrected chi connectivity index (χ3v) is 6.24. The molecule has 0 saturated carbocycles. The van der Waals surface area contributed by atoms with Crippen molar-refractivity contribution in [2.24, 2.45) is 0 Å². The van der Waals surface area contributed by atoms with Crippen molar-refractivity contribution in [3.05, 3.63) is 53.3 Å². The van der Waals surface area contributed by atoms with Gasteiger partial charge in [0.05, 0.1) is 30.2 Å². The van der Waals surface area contributed by atoms with Gasteiger partial charge >= 0.3 is 0 Å². The minimum Gasteiger partial charge on any atom is -0.466 e. The Morgan fingerprint density at radius 3 is 2.53 bits per heavy atom. The Balaban J connectivity index is 1.42. The van der Waals surface area contributed by atoms with Crippen molar-refractivity contribution >= 4 is 17.7 Å². The standard InChI is InChI=1S/C22H24N6O3S/c1-14-6-4-5-7-18(14)28-21(27-8-10-29-11-9-27)25-26-22(28)32-13-19-23-24-20(31-19)17-12-15(2)30-16(17)3/h4-7,12H,8-11,13H2,1-3H3. The molecule has 0 radical (unpaired) electrons. The molecule has 32 heavy (non-hydrogen) atoms. The van der Waals surface area contributed by atoms with E-state index in [1.807, 2.05) is 32.0 Å². The van der Waals surface area contributed by atoms with Gasteiger partial charge < -0.3 is 18.5 Å². The van der Waals surface area contributed by atoms with Gasteiger partial charge in [-0.15, -0.1) is 20.4 Å². The summed E-state index contributed by atoms with van der Waals surface area (Å²) in [4.78, 5) is 2.21. The largest absolute Gasteiger partial charge is 0.466 e. The highest BCUT2D eigenvalue weighted by Crippen LogP contribution is 2.31. The maximum atomic E-state index is 5.89. The van der Waals surface area contributed by atoms with E-state index in [-0.39, 0.29) is 0 Å². The predicted molar refractivity (Wildman–Crippen MR) is 120 cm³/mol. The predicted octanol–water partition coefficient (Wildman–Crippen LogP) is 3.96. The Labute approximate surface area is 189 Å². The Bertz CT molecular complexity index is 1220. The molecule has 4 aromatic rings. The molecule has 1 aliphatic rings. The molecule has 0 aliphatic carbocycles. The van der Waals surface area contributed by atoms with Crippen LogP contribution >= 0.6 is 11.8 Å². The summed E-state index contributed by atoms with van der Waals surface area (Å²) in [5.74, 6) is 3.87. The van der Waals surface area contributed by atoms with Crippen molar-refractivity contribution in [3.8, 4) is 17.1 Å². The van der Waals surface area contributed by atoms with E-state index in [0.717, 1.165) is 52.5 Å². The topological polar surface area (TPSA) is 95.2 Å². The quantitative estimate of drug-likeness (QED) is 0.403. The van der Waals surface area contributed by atoms with Gasteiger partial charge in [0, 0.05) is 13.1 Å². The normalized spacial score (nSPS) is 14.3. The fraction of sp³-hybridized carbons (Fsp3) is 0.364. The number of furan rings is 1. The minimum absolute atomic E-state index is 0.462. The summed E-state index contributed by atoms with van der Waals surface area (Å²) in [6.45, 7) is 8.80. The summed E-state index contributed by atoms with van der Waals surface area (Å²) < 4.78 is 19.1. The van der Waals surface area contributed by atoms with E-state index in [0.29, 0.717) is 30.7 Å². The molecule has 0 unspecified atom stereocenters. The zero-order chi connectivity index (χ0) is 22.1. The van der Waals surface area contributed by atoms with Crippen LogP contribution in [0.5, 0.6) is 0 Å². The SMILES string of the molecule is Cc1cc(-c2nnc(CSc3nnc(N4CCOCC4)n3-c3ccccc3C)o2)c(C)o1. The van der Waals surface area contributed by atoms with Crippen LogP contribution in [0.2, 0.25) is 0 Å². The number of benzene rings is 1. The molecule has 10 heteroatoms. The van der Waals surface area contributed by atoms with Crippen molar-refractivity contribution in [2.45, 2.75) is 31.7 Å². The molecule has 0 atom stereocenters. The molecule has 5 rings (SSSR count). The highest BCUT2D eigenvalue weighted by atomic mass is 32.2. The fourth-order valence-electron chi connectivity index (χ4n) is 3.74. The molecule has 166 valence electrons. The molecular formula is C22H24N6O3S. The smallest absolute Gasteiger partial charge is 0.251 e. The van der Waals surface area contributed by atoms with Crippen LogP contribution in [0.1, 0.15) is 23.0 Å². The number of ether oxygens (including phenoxy) is 1. The van der Waals surface area contributed by atoms with Crippen molar-refractivity contribution in [2.75, 3.05) is 31.2 Å². The molecule has 1 fully saturated rings. The highest BCUT2D eigenvalue weighted by Gasteiger charge is 2.23. The lowest BCUT2D eigenvalue weighted by Gasteiger charge is -2.28. The van der Waals surface area contributed by atoms with E-state index in [9.17, 15) is 0 Å². The van der Waals surface area contributed by atoms with Gasteiger partial charge in [-0.05, 0) is 38.5 Å². The monoisotopic (exact) mass is 452 g/mol. The summed E-state index contributed by atoms with van der Waals surface area (Å²) in [7, 11) is 0. The van der Waals surface area contributed by atoms with E-state index >= 15 is 0 Å². The first kappa shape index (κ1) is 20.8. The molecule has 9 nitrogen and oxygen atoms in total. The van der Waals surface area contributed by atoms with Gasteiger partial charge in [-0.3, -0.25) is 4.57 Å². The number of hydrogen-bond donors (Lipinski definition) is 0. The van der Waals surface area contributed by atoms with Crippen LogP contribution in [0, 0.1) is 20.8 Å². The third kappa shape index (κ3) is 4.03. The van der Waals surface area contributed by atoms with E-state index in [4.69, 9.17) is 13.6 Å². The molecule has 1 aromatic carbocycles. The first-order chi connectivity index (χ1) is 15.6. The van der Waals surface area contributed by atoms with Crippen molar-refractivity contribution < 1.29 is 13.6 Å². The summed E-state index contributed by atoms with van der Waals surface area (Å²) in [6.07, 6.45) is 0. The molecular weight excluding hydrogens is 428 g/mol. The van der Waals surface area contributed by atoms with Crippen LogP contribution in [-0.2, 0) is 10.5 Å². The molecule has 3 aromatic heterocycles. The van der Waals surface area contributed by atoms with E-state index in [1.165, 1.54) is 11.8 Å². The maximum Gasteiger partial charge on any atom is 0.251 e. The number of anilines is 1. The first-order valence-corrected chi connectivity index (χ1v) is 11.5. The van der Waals surface area contributed by atoms with E-state index in [2.05, 4.69) is 48.9 Å². The molecule has 0 spiro atoms. The molecule has 1 saturated heterocycles. The third-order valence-electron chi connectivity index (χ3n) is 5.33. The lowest BCUT2D eigenvalue weighted by Crippen LogP contribution is -2.38. The zero-order valence-corrected chi connectivity index (χ0v) is 19.1. The number of morpholine rings is 1. The lowest BCUT2D eigenvalue weighted by atomic mass is 10.2. The number of aryl methyl sites for hydroxylation is 3. The summed E-state index contributed by atoms with van der Waals surface area (Å²) in [6, 6.07) is 10.1. The maximum absolute atomic E-state index is 5.89. The Kier molecular flexibility index (Phi) is 5.71. The zero-order valence-electron chi connectivity index (χ0n) is 18.2. The molecule has 4 heterocycles. The second kappa shape index (κ2) is 8.79. The van der Waals surface area contributed by atoms with Gasteiger partial charge in [0.1, 0.15) is 11.5 Å². The number of para-hydroxylation sites is 1. The van der Waals surface area contributed by atoms with Gasteiger partial charge in [0.2, 0.25) is 11.8 Å². The van der Waals surface area contributed by atoms with Crippen LogP contribution < -0.4 is 4.90 Å². The highest BCUT2D eigenvalue weighted by molar-refractivity contribution is 7.98. The van der Waals surface area contributed by atoms with Gasteiger partial charge in [-0.1, -0.05) is 30.0 Å². The van der Waals surface area contributed by atoms with Gasteiger partial charge in [-0.25, -0.2) is 0 Å². The summed E-state index contributed by atoms with van der Waals surface area (Å²) in [5.41, 5.74) is 3.02. The van der Waals surface area contributed by atoms with E-state index in [1.54, 1.807) is 0 Å². The molecule has 1 aliphatic heterocycles. The number of rotatable bonds is 6. The Hall–Kier alpha value is -3.11. The number of hydrogen-bond acceptors (Lipinski definition) is 9. The van der Waals surface area contributed by atoms with Gasteiger partial charge in [0.25, 0.3) is 5.89 Å². The lowest BCUT2D eigenvalue weighted by molar-refractivity contribution is 0.122. The summed E-state index contributed by atoms with van der Waals surface area (Å²) >= 11 is 1.52. The van der Waals surface area contributed by atoms with Crippen molar-refractivity contribution in [1.82, 2.24) is 25.0 Å². The van der Waals surface area contributed by atoms with Crippen LogP contribution in [0.3, 0.4) is 0 Å². The van der Waals surface area contributed by atoms with Crippen molar-refractivity contribution in [3.63, 3.8) is 0 Å². The van der Waals surface area contributed by atoms with Gasteiger partial charge in [-0.2, -0.15) is 0 Å². The van der Waals surface area contributed by atoms with Gasteiger partial charge in [0.15, 0.2) is 5.16 Å². The summed E-state index contributed by atoms with van der Waals surface area (Å²) in [5, 5.41) is 18.2. The average Bonchev–Trinajstić information content (AvgIpc) is 3.51. The first-order valence-electron chi connectivity index (χ1n) is 10.5. The average molecular weight is 453 g/mol. The van der Waals surface area contributed by atoms with E-state index < -0.39 is 0 Å². The molecule has 0 amide bonds. The second-order valence-corrected chi connectivity index (χ2v) is 8.56. The second-order valence-electron chi connectivity index (χ2n) is 7.62.